The van der Waals surface area contributed by atoms with Crippen molar-refractivity contribution < 1.29 is 4.79 Å². The van der Waals surface area contributed by atoms with Gasteiger partial charge in [0, 0.05) is 19.5 Å². The average Bonchev–Trinajstić information content (AvgIpc) is 2.53. The summed E-state index contributed by atoms with van der Waals surface area (Å²) in [7, 11) is 0. The van der Waals surface area contributed by atoms with Crippen molar-refractivity contribution in [3.05, 3.63) is 0 Å². The molecular weight excluding hydrogens is 154 g/mol. The summed E-state index contributed by atoms with van der Waals surface area (Å²) in [5.74, 6) is 0.664. The van der Waals surface area contributed by atoms with Crippen molar-refractivity contribution in [1.29, 1.82) is 0 Å². The normalized spacial score (nSPS) is 22.6. The third-order valence-corrected chi connectivity index (χ3v) is 2.10. The van der Waals surface area contributed by atoms with Crippen LogP contribution in [0.4, 0.5) is 0 Å². The summed E-state index contributed by atoms with van der Waals surface area (Å²) in [5, 5.41) is 6.00. The molecule has 70 valence electrons. The average molecular weight is 171 g/mol. The lowest BCUT2D eigenvalue weighted by Crippen LogP contribution is -2.30. The first kappa shape index (κ1) is 9.48. The Balaban J connectivity index is 2.08. The Morgan fingerprint density at radius 1 is 1.67 bits per heavy atom. The van der Waals surface area contributed by atoms with Gasteiger partial charge in [-0.2, -0.15) is 0 Å². The zero-order chi connectivity index (χ0) is 8.81. The molecular formula is C8H17N3O. The van der Waals surface area contributed by atoms with E-state index in [0.717, 1.165) is 19.5 Å². The van der Waals surface area contributed by atoms with Gasteiger partial charge in [0.1, 0.15) is 0 Å². The molecule has 1 aliphatic rings. The molecule has 1 unspecified atom stereocenters. The topological polar surface area (TPSA) is 67.1 Å². The van der Waals surface area contributed by atoms with Gasteiger partial charge >= 0.3 is 0 Å². The number of nitrogens with two attached hydrogens (primary N) is 1. The maximum absolute atomic E-state index is 11.2. The molecule has 0 bridgehead atoms. The van der Waals surface area contributed by atoms with Crippen molar-refractivity contribution in [2.24, 2.45) is 11.7 Å². The van der Waals surface area contributed by atoms with Crippen LogP contribution in [0.2, 0.25) is 0 Å². The zero-order valence-corrected chi connectivity index (χ0v) is 7.31. The van der Waals surface area contributed by atoms with Gasteiger partial charge in [-0.3, -0.25) is 4.79 Å². The minimum absolute atomic E-state index is 0.133. The predicted molar refractivity (Wildman–Crippen MR) is 47.7 cm³/mol. The minimum Gasteiger partial charge on any atom is -0.355 e. The van der Waals surface area contributed by atoms with Crippen LogP contribution >= 0.6 is 0 Å². The fraction of sp³-hybridized carbons (Fsp3) is 0.875. The molecule has 4 nitrogen and oxygen atoms in total. The molecule has 1 atom stereocenters. The van der Waals surface area contributed by atoms with Gasteiger partial charge in [0.25, 0.3) is 0 Å². The number of hydrogen-bond donors (Lipinski definition) is 3. The van der Waals surface area contributed by atoms with Crippen molar-refractivity contribution >= 4 is 5.91 Å². The van der Waals surface area contributed by atoms with Crippen molar-refractivity contribution in [2.45, 2.75) is 12.8 Å². The van der Waals surface area contributed by atoms with E-state index < -0.39 is 0 Å². The molecule has 12 heavy (non-hydrogen) atoms. The second-order valence-corrected chi connectivity index (χ2v) is 3.20. The second-order valence-electron chi connectivity index (χ2n) is 3.20. The lowest BCUT2D eigenvalue weighted by Gasteiger charge is -2.07. The number of amides is 1. The molecule has 1 rings (SSSR count). The van der Waals surface area contributed by atoms with Gasteiger partial charge in [-0.05, 0) is 25.4 Å². The molecule has 4 heteroatoms. The molecule has 1 amide bonds. The Labute approximate surface area is 72.9 Å². The Morgan fingerprint density at radius 2 is 2.50 bits per heavy atom. The number of carbonyl (C=O) groups is 1. The molecule has 0 aromatic heterocycles. The Kier molecular flexibility index (Phi) is 4.04. The standard InChI is InChI=1S/C8H17N3O/c9-2-4-11-8(12)5-7-1-3-10-6-7/h7,10H,1-6,9H2,(H,11,12). The molecule has 0 aromatic rings. The smallest absolute Gasteiger partial charge is 0.220 e. The van der Waals surface area contributed by atoms with Gasteiger partial charge in [0.15, 0.2) is 0 Å². The highest BCUT2D eigenvalue weighted by atomic mass is 16.1. The lowest BCUT2D eigenvalue weighted by atomic mass is 10.0. The first-order chi connectivity index (χ1) is 5.83. The molecule has 0 radical (unpaired) electrons. The first-order valence-electron chi connectivity index (χ1n) is 4.50. The first-order valence-corrected chi connectivity index (χ1v) is 4.50. The van der Waals surface area contributed by atoms with Crippen LogP contribution in [0.25, 0.3) is 0 Å². The zero-order valence-electron chi connectivity index (χ0n) is 7.31. The van der Waals surface area contributed by atoms with Crippen molar-refractivity contribution in [2.75, 3.05) is 26.2 Å². The van der Waals surface area contributed by atoms with Gasteiger partial charge in [0.2, 0.25) is 5.91 Å². The van der Waals surface area contributed by atoms with Crippen molar-refractivity contribution in [3.63, 3.8) is 0 Å². The second kappa shape index (κ2) is 5.11. The molecule has 0 aliphatic carbocycles. The molecule has 0 saturated carbocycles. The van der Waals surface area contributed by atoms with Gasteiger partial charge in [-0.15, -0.1) is 0 Å². The molecule has 1 saturated heterocycles. The van der Waals surface area contributed by atoms with Crippen LogP contribution in [0.15, 0.2) is 0 Å². The number of nitrogens with one attached hydrogen (secondary N) is 2. The maximum Gasteiger partial charge on any atom is 0.220 e. The van der Waals surface area contributed by atoms with Crippen LogP contribution in [0.3, 0.4) is 0 Å². The van der Waals surface area contributed by atoms with Crippen LogP contribution in [0.1, 0.15) is 12.8 Å². The van der Waals surface area contributed by atoms with Crippen LogP contribution < -0.4 is 16.4 Å². The van der Waals surface area contributed by atoms with E-state index in [9.17, 15) is 4.79 Å². The van der Waals surface area contributed by atoms with E-state index in [1.54, 1.807) is 0 Å². The quantitative estimate of drug-likeness (QED) is 0.511. The number of carbonyl (C=O) groups excluding carboxylic acids is 1. The number of hydrogen-bond acceptors (Lipinski definition) is 3. The fourth-order valence-corrected chi connectivity index (χ4v) is 1.43. The summed E-state index contributed by atoms with van der Waals surface area (Å²) < 4.78 is 0. The van der Waals surface area contributed by atoms with Crippen molar-refractivity contribution in [1.82, 2.24) is 10.6 Å². The van der Waals surface area contributed by atoms with Crippen LogP contribution in [0, 0.1) is 5.92 Å². The van der Waals surface area contributed by atoms with E-state index in [0.29, 0.717) is 25.4 Å². The highest BCUT2D eigenvalue weighted by Gasteiger charge is 2.17. The molecule has 1 aliphatic heterocycles. The van der Waals surface area contributed by atoms with Gasteiger partial charge in [0.05, 0.1) is 0 Å². The highest BCUT2D eigenvalue weighted by molar-refractivity contribution is 5.76. The van der Waals surface area contributed by atoms with E-state index >= 15 is 0 Å². The van der Waals surface area contributed by atoms with Crippen molar-refractivity contribution in [3.8, 4) is 0 Å². The van der Waals surface area contributed by atoms with E-state index in [4.69, 9.17) is 5.73 Å². The minimum atomic E-state index is 0.133. The van der Waals surface area contributed by atoms with Crippen LogP contribution in [0.5, 0.6) is 0 Å². The Bertz CT molecular complexity index is 143. The summed E-state index contributed by atoms with van der Waals surface area (Å²) in [4.78, 5) is 11.2. The summed E-state index contributed by atoms with van der Waals surface area (Å²) in [5.41, 5.74) is 5.26. The van der Waals surface area contributed by atoms with Gasteiger partial charge in [-0.1, -0.05) is 0 Å². The lowest BCUT2D eigenvalue weighted by molar-refractivity contribution is -0.121. The van der Waals surface area contributed by atoms with E-state index in [1.165, 1.54) is 0 Å². The van der Waals surface area contributed by atoms with E-state index in [-0.39, 0.29) is 5.91 Å². The molecule has 0 aromatic carbocycles. The van der Waals surface area contributed by atoms with E-state index in [1.807, 2.05) is 0 Å². The maximum atomic E-state index is 11.2. The third kappa shape index (κ3) is 3.19. The summed E-state index contributed by atoms with van der Waals surface area (Å²) in [6.07, 6.45) is 1.77. The third-order valence-electron chi connectivity index (χ3n) is 2.10. The summed E-state index contributed by atoms with van der Waals surface area (Å²) in [6.45, 7) is 3.15. The largest absolute Gasteiger partial charge is 0.355 e. The van der Waals surface area contributed by atoms with Crippen LogP contribution in [-0.2, 0) is 4.79 Å². The highest BCUT2D eigenvalue weighted by Crippen LogP contribution is 2.11. The summed E-state index contributed by atoms with van der Waals surface area (Å²) in [6, 6.07) is 0. The van der Waals surface area contributed by atoms with Gasteiger partial charge in [-0.25, -0.2) is 0 Å². The SMILES string of the molecule is NCCNC(=O)CC1CCNC1. The summed E-state index contributed by atoms with van der Waals surface area (Å²) >= 11 is 0. The fourth-order valence-electron chi connectivity index (χ4n) is 1.43. The molecule has 0 spiro atoms. The Morgan fingerprint density at radius 3 is 3.08 bits per heavy atom. The molecule has 1 heterocycles. The molecule has 4 N–H and O–H groups in total. The van der Waals surface area contributed by atoms with E-state index in [2.05, 4.69) is 10.6 Å². The van der Waals surface area contributed by atoms with Gasteiger partial charge < -0.3 is 16.4 Å². The monoisotopic (exact) mass is 171 g/mol. The predicted octanol–water partition coefficient (Wildman–Crippen LogP) is -0.939. The Hall–Kier alpha value is -0.610. The van der Waals surface area contributed by atoms with Crippen LogP contribution in [-0.4, -0.2) is 32.1 Å². The molecule has 1 fully saturated rings. The number of rotatable bonds is 4.